The highest BCUT2D eigenvalue weighted by Crippen LogP contribution is 2.17. The van der Waals surface area contributed by atoms with Gasteiger partial charge in [0.2, 0.25) is 11.8 Å². The zero-order valence-corrected chi connectivity index (χ0v) is 15.8. The number of hydrogen-bond donors (Lipinski definition) is 1. The molecule has 1 N–H and O–H groups in total. The molecule has 0 bridgehead atoms. The van der Waals surface area contributed by atoms with E-state index < -0.39 is 0 Å². The second kappa shape index (κ2) is 11.0. The van der Waals surface area contributed by atoms with E-state index in [0.717, 1.165) is 11.3 Å². The summed E-state index contributed by atoms with van der Waals surface area (Å²) < 4.78 is 10.7. The van der Waals surface area contributed by atoms with Crippen LogP contribution >= 0.6 is 0 Å². The molecule has 144 valence electrons. The minimum atomic E-state index is -0.142. The predicted octanol–water partition coefficient (Wildman–Crippen LogP) is 3.09. The summed E-state index contributed by atoms with van der Waals surface area (Å²) in [6.07, 6.45) is 0.232. The summed E-state index contributed by atoms with van der Waals surface area (Å²) in [5, 5.41) is 2.83. The van der Waals surface area contributed by atoms with Gasteiger partial charge in [-0.2, -0.15) is 0 Å². The van der Waals surface area contributed by atoms with Crippen LogP contribution in [0.1, 0.15) is 18.9 Å². The van der Waals surface area contributed by atoms with E-state index in [1.165, 1.54) is 6.92 Å². The molecule has 0 aliphatic heterocycles. The largest absolute Gasteiger partial charge is 0.489 e. The smallest absolute Gasteiger partial charge is 0.226 e. The molecule has 0 aliphatic rings. The van der Waals surface area contributed by atoms with E-state index in [1.54, 1.807) is 24.1 Å². The lowest BCUT2D eigenvalue weighted by Crippen LogP contribution is -2.34. The Hall–Kier alpha value is -2.86. The molecule has 0 spiro atoms. The standard InChI is InChI=1S/C21H26N2O4/c1-17(24)23(14-15-26-2)13-12-21(25)22-19-8-10-20(11-9-19)27-16-18-6-4-3-5-7-18/h3-11H,12-16H2,1-2H3,(H,22,25). The lowest BCUT2D eigenvalue weighted by Gasteiger charge is -2.20. The number of benzene rings is 2. The maximum Gasteiger partial charge on any atom is 0.226 e. The topological polar surface area (TPSA) is 67.9 Å². The molecule has 0 radical (unpaired) electrons. The molecule has 0 saturated heterocycles. The van der Waals surface area contributed by atoms with Gasteiger partial charge in [-0.05, 0) is 29.8 Å². The average molecular weight is 370 g/mol. The van der Waals surface area contributed by atoms with Gasteiger partial charge in [-0.25, -0.2) is 0 Å². The van der Waals surface area contributed by atoms with Crippen molar-refractivity contribution in [2.24, 2.45) is 0 Å². The Balaban J connectivity index is 1.77. The van der Waals surface area contributed by atoms with E-state index >= 15 is 0 Å². The minimum Gasteiger partial charge on any atom is -0.489 e. The van der Waals surface area contributed by atoms with Crippen molar-refractivity contribution in [1.82, 2.24) is 4.90 Å². The molecule has 0 unspecified atom stereocenters. The number of nitrogens with one attached hydrogen (secondary N) is 1. The third kappa shape index (κ3) is 7.50. The Morgan fingerprint density at radius 1 is 1.00 bits per heavy atom. The molecule has 0 aliphatic carbocycles. The third-order valence-corrected chi connectivity index (χ3v) is 4.01. The summed E-state index contributed by atoms with van der Waals surface area (Å²) in [5.74, 6) is 0.524. The normalized spacial score (nSPS) is 10.3. The molecule has 0 heterocycles. The molecule has 0 fully saturated rings. The highest BCUT2D eigenvalue weighted by Gasteiger charge is 2.11. The van der Waals surface area contributed by atoms with Crippen molar-refractivity contribution < 1.29 is 19.1 Å². The van der Waals surface area contributed by atoms with Crippen LogP contribution in [0.25, 0.3) is 0 Å². The Kier molecular flexibility index (Phi) is 8.32. The molecule has 0 saturated carbocycles. The van der Waals surface area contributed by atoms with Crippen molar-refractivity contribution in [3.05, 3.63) is 60.2 Å². The van der Waals surface area contributed by atoms with Crippen molar-refractivity contribution in [3.63, 3.8) is 0 Å². The van der Waals surface area contributed by atoms with Crippen LogP contribution in [0.2, 0.25) is 0 Å². The van der Waals surface area contributed by atoms with Crippen LogP contribution < -0.4 is 10.1 Å². The molecule has 0 atom stereocenters. The van der Waals surface area contributed by atoms with Crippen LogP contribution in [0, 0.1) is 0 Å². The molecule has 0 aromatic heterocycles. The van der Waals surface area contributed by atoms with Crippen LogP contribution in [0.5, 0.6) is 5.75 Å². The van der Waals surface area contributed by atoms with Gasteiger partial charge in [0.1, 0.15) is 12.4 Å². The molecule has 2 amide bonds. The quantitative estimate of drug-likeness (QED) is 0.698. The van der Waals surface area contributed by atoms with Crippen LogP contribution in [0.15, 0.2) is 54.6 Å². The summed E-state index contributed by atoms with van der Waals surface area (Å²) in [7, 11) is 1.58. The number of carbonyl (C=O) groups is 2. The van der Waals surface area contributed by atoms with Gasteiger partial charge >= 0.3 is 0 Å². The fourth-order valence-electron chi connectivity index (χ4n) is 2.46. The minimum absolute atomic E-state index is 0.0697. The van der Waals surface area contributed by atoms with Crippen molar-refractivity contribution in [3.8, 4) is 5.75 Å². The number of anilines is 1. The number of amides is 2. The molecule has 2 aromatic carbocycles. The van der Waals surface area contributed by atoms with Crippen molar-refractivity contribution in [1.29, 1.82) is 0 Å². The van der Waals surface area contributed by atoms with Crippen LogP contribution in [-0.2, 0) is 20.9 Å². The number of hydrogen-bond acceptors (Lipinski definition) is 4. The monoisotopic (exact) mass is 370 g/mol. The molecule has 27 heavy (non-hydrogen) atoms. The van der Waals surface area contributed by atoms with Crippen molar-refractivity contribution in [2.45, 2.75) is 20.0 Å². The Morgan fingerprint density at radius 2 is 1.70 bits per heavy atom. The molecule has 2 rings (SSSR count). The Labute approximate surface area is 160 Å². The first-order chi connectivity index (χ1) is 13.1. The van der Waals surface area contributed by atoms with Gasteiger partial charge in [0.25, 0.3) is 0 Å². The summed E-state index contributed by atoms with van der Waals surface area (Å²) in [5.41, 5.74) is 1.79. The molecule has 2 aromatic rings. The van der Waals surface area contributed by atoms with E-state index in [2.05, 4.69) is 5.32 Å². The number of ether oxygens (including phenoxy) is 2. The van der Waals surface area contributed by atoms with Gasteiger partial charge in [-0.15, -0.1) is 0 Å². The predicted molar refractivity (Wildman–Crippen MR) is 105 cm³/mol. The number of rotatable bonds is 10. The fourth-order valence-corrected chi connectivity index (χ4v) is 2.46. The van der Waals surface area contributed by atoms with E-state index in [4.69, 9.17) is 9.47 Å². The second-order valence-corrected chi connectivity index (χ2v) is 6.10. The van der Waals surface area contributed by atoms with Crippen LogP contribution in [0.4, 0.5) is 5.69 Å². The summed E-state index contributed by atoms with van der Waals surface area (Å²) >= 11 is 0. The first-order valence-corrected chi connectivity index (χ1v) is 8.89. The maximum absolute atomic E-state index is 12.1. The van der Waals surface area contributed by atoms with Gasteiger partial charge in [-0.1, -0.05) is 30.3 Å². The zero-order valence-electron chi connectivity index (χ0n) is 15.8. The molecule has 6 heteroatoms. The molecular formula is C21H26N2O4. The highest BCUT2D eigenvalue weighted by atomic mass is 16.5. The van der Waals surface area contributed by atoms with Crippen LogP contribution in [-0.4, -0.2) is 43.5 Å². The Morgan fingerprint density at radius 3 is 2.33 bits per heavy atom. The molecular weight excluding hydrogens is 344 g/mol. The number of methoxy groups -OCH3 is 1. The lowest BCUT2D eigenvalue weighted by atomic mass is 10.2. The first kappa shape index (κ1) is 20.5. The Bertz CT molecular complexity index is 717. The number of nitrogens with zero attached hydrogens (tertiary/aromatic N) is 1. The van der Waals surface area contributed by atoms with E-state index in [-0.39, 0.29) is 18.2 Å². The van der Waals surface area contributed by atoms with Crippen LogP contribution in [0.3, 0.4) is 0 Å². The number of carbonyl (C=O) groups excluding carboxylic acids is 2. The van der Waals surface area contributed by atoms with E-state index in [1.807, 2.05) is 42.5 Å². The van der Waals surface area contributed by atoms with Crippen molar-refractivity contribution >= 4 is 17.5 Å². The van der Waals surface area contributed by atoms with E-state index in [9.17, 15) is 9.59 Å². The SMILES string of the molecule is COCCN(CCC(=O)Nc1ccc(OCc2ccccc2)cc1)C(C)=O. The first-order valence-electron chi connectivity index (χ1n) is 8.89. The summed E-state index contributed by atoms with van der Waals surface area (Å²) in [6.45, 7) is 3.28. The van der Waals surface area contributed by atoms with Gasteiger partial charge in [0, 0.05) is 39.2 Å². The average Bonchev–Trinajstić information content (AvgIpc) is 2.68. The van der Waals surface area contributed by atoms with Gasteiger partial charge in [0.05, 0.1) is 6.61 Å². The van der Waals surface area contributed by atoms with E-state index in [0.29, 0.717) is 32.0 Å². The third-order valence-electron chi connectivity index (χ3n) is 4.01. The lowest BCUT2D eigenvalue weighted by molar-refractivity contribution is -0.130. The van der Waals surface area contributed by atoms with Gasteiger partial charge < -0.3 is 19.7 Å². The maximum atomic E-state index is 12.1. The molecule has 6 nitrogen and oxygen atoms in total. The highest BCUT2D eigenvalue weighted by molar-refractivity contribution is 5.91. The fraction of sp³-hybridized carbons (Fsp3) is 0.333. The van der Waals surface area contributed by atoms with Gasteiger partial charge in [-0.3, -0.25) is 9.59 Å². The second-order valence-electron chi connectivity index (χ2n) is 6.10. The zero-order chi connectivity index (χ0) is 19.5. The van der Waals surface area contributed by atoms with Crippen molar-refractivity contribution in [2.75, 3.05) is 32.1 Å². The van der Waals surface area contributed by atoms with Gasteiger partial charge in [0.15, 0.2) is 0 Å². The summed E-state index contributed by atoms with van der Waals surface area (Å²) in [6, 6.07) is 17.2. The summed E-state index contributed by atoms with van der Waals surface area (Å²) in [4.78, 5) is 25.2.